The van der Waals surface area contributed by atoms with Crippen LogP contribution >= 0.6 is 11.3 Å². The van der Waals surface area contributed by atoms with Crippen LogP contribution in [0.1, 0.15) is 40.6 Å². The highest BCUT2D eigenvalue weighted by Crippen LogP contribution is 2.37. The molecule has 1 aliphatic carbocycles. The molecular formula is C15H18N2S. The number of nitrogens with zero attached hydrogens (tertiary/aromatic N) is 1. The lowest BCUT2D eigenvalue weighted by Crippen LogP contribution is -2.16. The first-order chi connectivity index (χ1) is 8.65. The molecule has 18 heavy (non-hydrogen) atoms. The monoisotopic (exact) mass is 258 g/mol. The van der Waals surface area contributed by atoms with Crippen molar-refractivity contribution in [2.24, 2.45) is 5.73 Å². The average molecular weight is 258 g/mol. The lowest BCUT2D eigenvalue weighted by atomic mass is 9.98. The molecule has 1 heterocycles. The van der Waals surface area contributed by atoms with E-state index < -0.39 is 0 Å². The van der Waals surface area contributed by atoms with Crippen molar-refractivity contribution < 1.29 is 0 Å². The van der Waals surface area contributed by atoms with E-state index in [4.69, 9.17) is 10.7 Å². The summed E-state index contributed by atoms with van der Waals surface area (Å²) < 4.78 is 0. The fraction of sp³-hybridized carbons (Fsp3) is 0.400. The van der Waals surface area contributed by atoms with Crippen LogP contribution in [0, 0.1) is 13.8 Å². The highest BCUT2D eigenvalue weighted by atomic mass is 32.1. The molecule has 3 heteroatoms. The van der Waals surface area contributed by atoms with Crippen molar-refractivity contribution in [2.75, 3.05) is 0 Å². The van der Waals surface area contributed by atoms with Crippen LogP contribution in [0.3, 0.4) is 0 Å². The minimum Gasteiger partial charge on any atom is -0.323 e. The molecule has 1 aliphatic rings. The molecular weight excluding hydrogens is 240 g/mol. The molecule has 1 unspecified atom stereocenters. The molecule has 0 saturated carbocycles. The van der Waals surface area contributed by atoms with E-state index in [1.165, 1.54) is 28.0 Å². The predicted octanol–water partition coefficient (Wildman–Crippen LogP) is 3.76. The molecule has 0 fully saturated rings. The van der Waals surface area contributed by atoms with Crippen molar-refractivity contribution in [1.82, 2.24) is 4.98 Å². The van der Waals surface area contributed by atoms with E-state index in [0.717, 1.165) is 23.5 Å². The largest absolute Gasteiger partial charge is 0.323 e. The van der Waals surface area contributed by atoms with Gasteiger partial charge in [0.15, 0.2) is 0 Å². The SMILES string of the molecule is Cc1ccc(-c2nc3c(s2)CCCC3N)c(C)c1. The van der Waals surface area contributed by atoms with Crippen molar-refractivity contribution in [1.29, 1.82) is 0 Å². The van der Waals surface area contributed by atoms with Gasteiger partial charge in [-0.2, -0.15) is 0 Å². The number of benzene rings is 1. The van der Waals surface area contributed by atoms with Gasteiger partial charge >= 0.3 is 0 Å². The average Bonchev–Trinajstić information content (AvgIpc) is 2.74. The maximum absolute atomic E-state index is 6.14. The number of aromatic nitrogens is 1. The number of thiazole rings is 1. The molecule has 1 aromatic heterocycles. The van der Waals surface area contributed by atoms with Gasteiger partial charge in [0.1, 0.15) is 5.01 Å². The molecule has 2 N–H and O–H groups in total. The van der Waals surface area contributed by atoms with Gasteiger partial charge in [-0.3, -0.25) is 0 Å². The summed E-state index contributed by atoms with van der Waals surface area (Å²) in [6.45, 7) is 4.28. The molecule has 2 aromatic rings. The highest BCUT2D eigenvalue weighted by Gasteiger charge is 2.22. The summed E-state index contributed by atoms with van der Waals surface area (Å²) in [6.07, 6.45) is 3.41. The number of nitrogens with two attached hydrogens (primary N) is 1. The van der Waals surface area contributed by atoms with E-state index in [1.54, 1.807) is 0 Å². The van der Waals surface area contributed by atoms with E-state index in [2.05, 4.69) is 32.0 Å². The number of aryl methyl sites for hydroxylation is 3. The van der Waals surface area contributed by atoms with Crippen molar-refractivity contribution in [2.45, 2.75) is 39.2 Å². The topological polar surface area (TPSA) is 38.9 Å². The molecule has 0 saturated heterocycles. The Morgan fingerprint density at radius 3 is 2.89 bits per heavy atom. The van der Waals surface area contributed by atoms with Crippen LogP contribution in [-0.2, 0) is 6.42 Å². The molecule has 0 bridgehead atoms. The molecule has 0 spiro atoms. The number of fused-ring (bicyclic) bond motifs is 1. The zero-order chi connectivity index (χ0) is 12.7. The molecule has 0 aliphatic heterocycles. The van der Waals surface area contributed by atoms with Gasteiger partial charge < -0.3 is 5.73 Å². The van der Waals surface area contributed by atoms with Crippen LogP contribution in [0.4, 0.5) is 0 Å². The fourth-order valence-electron chi connectivity index (χ4n) is 2.62. The van der Waals surface area contributed by atoms with E-state index in [9.17, 15) is 0 Å². The summed E-state index contributed by atoms with van der Waals surface area (Å²) in [5.74, 6) is 0. The third-order valence-corrected chi connectivity index (χ3v) is 4.77. The Balaban J connectivity index is 2.07. The van der Waals surface area contributed by atoms with Gasteiger partial charge in [0.2, 0.25) is 0 Å². The van der Waals surface area contributed by atoms with Crippen molar-refractivity contribution in [3.8, 4) is 10.6 Å². The number of hydrogen-bond acceptors (Lipinski definition) is 3. The first-order valence-electron chi connectivity index (χ1n) is 6.48. The minimum atomic E-state index is 0.143. The van der Waals surface area contributed by atoms with Gasteiger partial charge in [-0.15, -0.1) is 11.3 Å². The number of rotatable bonds is 1. The second-order valence-corrected chi connectivity index (χ2v) is 6.23. The van der Waals surface area contributed by atoms with Crippen LogP contribution in [-0.4, -0.2) is 4.98 Å². The van der Waals surface area contributed by atoms with E-state index >= 15 is 0 Å². The summed E-state index contributed by atoms with van der Waals surface area (Å²) in [4.78, 5) is 6.18. The van der Waals surface area contributed by atoms with Gasteiger partial charge in [-0.05, 0) is 38.7 Å². The molecule has 0 radical (unpaired) electrons. The normalized spacial score (nSPS) is 18.7. The minimum absolute atomic E-state index is 0.143. The lowest BCUT2D eigenvalue weighted by molar-refractivity contribution is 0.564. The Morgan fingerprint density at radius 2 is 2.17 bits per heavy atom. The highest BCUT2D eigenvalue weighted by molar-refractivity contribution is 7.15. The maximum atomic E-state index is 6.14. The maximum Gasteiger partial charge on any atom is 0.124 e. The van der Waals surface area contributed by atoms with Gasteiger partial charge in [0.05, 0.1) is 5.69 Å². The Bertz CT molecular complexity index is 586. The van der Waals surface area contributed by atoms with Crippen molar-refractivity contribution in [3.05, 3.63) is 39.9 Å². The van der Waals surface area contributed by atoms with Gasteiger partial charge in [-0.1, -0.05) is 23.8 Å². The zero-order valence-electron chi connectivity index (χ0n) is 10.9. The summed E-state index contributed by atoms with van der Waals surface area (Å²) >= 11 is 1.82. The molecule has 2 nitrogen and oxygen atoms in total. The van der Waals surface area contributed by atoms with E-state index in [1.807, 2.05) is 11.3 Å². The smallest absolute Gasteiger partial charge is 0.124 e. The van der Waals surface area contributed by atoms with Crippen molar-refractivity contribution in [3.63, 3.8) is 0 Å². The third-order valence-electron chi connectivity index (χ3n) is 3.61. The molecule has 1 aromatic carbocycles. The van der Waals surface area contributed by atoms with Crippen LogP contribution in [0.2, 0.25) is 0 Å². The van der Waals surface area contributed by atoms with Gasteiger partial charge in [0, 0.05) is 16.5 Å². The first-order valence-corrected chi connectivity index (χ1v) is 7.29. The Labute approximate surface area is 112 Å². The summed E-state index contributed by atoms with van der Waals surface area (Å²) in [5.41, 5.74) is 11.1. The molecule has 0 amide bonds. The van der Waals surface area contributed by atoms with Crippen LogP contribution in [0.25, 0.3) is 10.6 Å². The van der Waals surface area contributed by atoms with Gasteiger partial charge in [-0.25, -0.2) is 4.98 Å². The molecule has 94 valence electrons. The second-order valence-electron chi connectivity index (χ2n) is 5.14. The first kappa shape index (κ1) is 11.9. The van der Waals surface area contributed by atoms with E-state index in [-0.39, 0.29) is 6.04 Å². The summed E-state index contributed by atoms with van der Waals surface area (Å²) in [7, 11) is 0. The van der Waals surface area contributed by atoms with E-state index in [0.29, 0.717) is 0 Å². The molecule has 3 rings (SSSR count). The Hall–Kier alpha value is -1.19. The second kappa shape index (κ2) is 4.48. The van der Waals surface area contributed by atoms with Gasteiger partial charge in [0.25, 0.3) is 0 Å². The molecule has 1 atom stereocenters. The zero-order valence-corrected chi connectivity index (χ0v) is 11.7. The predicted molar refractivity (Wildman–Crippen MR) is 76.9 cm³/mol. The van der Waals surface area contributed by atoms with Crippen LogP contribution < -0.4 is 5.73 Å². The Morgan fingerprint density at radius 1 is 1.33 bits per heavy atom. The van der Waals surface area contributed by atoms with Crippen LogP contribution in [0.5, 0.6) is 0 Å². The van der Waals surface area contributed by atoms with Crippen molar-refractivity contribution >= 4 is 11.3 Å². The third kappa shape index (κ3) is 1.98. The quantitative estimate of drug-likeness (QED) is 0.845. The Kier molecular flexibility index (Phi) is 2.96. The summed E-state index contributed by atoms with van der Waals surface area (Å²) in [6, 6.07) is 6.70. The fourth-order valence-corrected chi connectivity index (χ4v) is 3.88. The standard InChI is InChI=1S/C15H18N2S/c1-9-6-7-11(10(2)8-9)15-17-14-12(16)4-3-5-13(14)18-15/h6-8,12H,3-5,16H2,1-2H3. The lowest BCUT2D eigenvalue weighted by Gasteiger charge is -2.15. The summed E-state index contributed by atoms with van der Waals surface area (Å²) in [5, 5.41) is 1.13. The number of hydrogen-bond donors (Lipinski definition) is 1. The van der Waals surface area contributed by atoms with Crippen LogP contribution in [0.15, 0.2) is 18.2 Å².